The molecule has 0 bridgehead atoms. The Bertz CT molecular complexity index is 610. The van der Waals surface area contributed by atoms with Crippen LogP contribution in [0.1, 0.15) is 12.0 Å². The zero-order valence-corrected chi connectivity index (χ0v) is 11.0. The van der Waals surface area contributed by atoms with Crippen LogP contribution in [0.25, 0.3) is 0 Å². The number of nitrogens with one attached hydrogen (secondary N) is 1. The highest BCUT2D eigenvalue weighted by atomic mass is 16.6. The molecule has 1 amide bonds. The highest BCUT2D eigenvalue weighted by molar-refractivity contribution is 5.86. The van der Waals surface area contributed by atoms with E-state index < -0.39 is 6.09 Å². The second kappa shape index (κ2) is 5.65. The minimum Gasteiger partial charge on any atom is -0.493 e. The maximum atomic E-state index is 11.8. The maximum absolute atomic E-state index is 11.8. The molecule has 0 aliphatic carbocycles. The SMILES string of the molecule is O=C(Nc1ccc2c(c1)OCCC2)Oc1ccccc1. The van der Waals surface area contributed by atoms with Gasteiger partial charge in [-0.2, -0.15) is 0 Å². The third-order valence-corrected chi connectivity index (χ3v) is 3.12. The van der Waals surface area contributed by atoms with Crippen molar-refractivity contribution in [2.24, 2.45) is 0 Å². The number of benzene rings is 2. The Balaban J connectivity index is 1.67. The van der Waals surface area contributed by atoms with E-state index in [1.807, 2.05) is 36.4 Å². The first-order chi connectivity index (χ1) is 9.81. The van der Waals surface area contributed by atoms with Crippen LogP contribution in [0.4, 0.5) is 10.5 Å². The lowest BCUT2D eigenvalue weighted by Gasteiger charge is -2.18. The minimum absolute atomic E-state index is 0.507. The third-order valence-electron chi connectivity index (χ3n) is 3.12. The van der Waals surface area contributed by atoms with Crippen LogP contribution in [-0.2, 0) is 6.42 Å². The van der Waals surface area contributed by atoms with Crippen molar-refractivity contribution in [3.8, 4) is 11.5 Å². The van der Waals surface area contributed by atoms with Gasteiger partial charge in [-0.1, -0.05) is 24.3 Å². The average molecular weight is 269 g/mol. The summed E-state index contributed by atoms with van der Waals surface area (Å²) in [4.78, 5) is 11.8. The number of para-hydroxylation sites is 1. The normalized spacial score (nSPS) is 13.0. The van der Waals surface area contributed by atoms with E-state index in [-0.39, 0.29) is 0 Å². The number of rotatable bonds is 2. The van der Waals surface area contributed by atoms with Gasteiger partial charge in [0.25, 0.3) is 0 Å². The fraction of sp³-hybridized carbons (Fsp3) is 0.188. The number of fused-ring (bicyclic) bond motifs is 1. The van der Waals surface area contributed by atoms with Crippen molar-refractivity contribution in [3.63, 3.8) is 0 Å². The molecule has 1 N–H and O–H groups in total. The van der Waals surface area contributed by atoms with Crippen molar-refractivity contribution >= 4 is 11.8 Å². The van der Waals surface area contributed by atoms with Gasteiger partial charge in [0.2, 0.25) is 0 Å². The maximum Gasteiger partial charge on any atom is 0.417 e. The summed E-state index contributed by atoms with van der Waals surface area (Å²) >= 11 is 0. The summed E-state index contributed by atoms with van der Waals surface area (Å²) < 4.78 is 10.7. The molecule has 1 aliphatic heterocycles. The van der Waals surface area contributed by atoms with Crippen molar-refractivity contribution < 1.29 is 14.3 Å². The minimum atomic E-state index is -0.507. The van der Waals surface area contributed by atoms with Crippen LogP contribution in [0.5, 0.6) is 11.5 Å². The molecule has 0 saturated heterocycles. The third kappa shape index (κ3) is 2.91. The van der Waals surface area contributed by atoms with Gasteiger partial charge in [-0.15, -0.1) is 0 Å². The summed E-state index contributed by atoms with van der Waals surface area (Å²) in [6.45, 7) is 0.727. The zero-order chi connectivity index (χ0) is 13.8. The number of carbonyl (C=O) groups is 1. The molecule has 3 rings (SSSR count). The Labute approximate surface area is 117 Å². The average Bonchev–Trinajstić information content (AvgIpc) is 2.48. The highest BCUT2D eigenvalue weighted by Crippen LogP contribution is 2.28. The molecule has 20 heavy (non-hydrogen) atoms. The van der Waals surface area contributed by atoms with E-state index in [0.29, 0.717) is 11.4 Å². The van der Waals surface area contributed by atoms with Crippen LogP contribution >= 0.6 is 0 Å². The Morgan fingerprint density at radius 1 is 1.15 bits per heavy atom. The van der Waals surface area contributed by atoms with Crippen LogP contribution in [0, 0.1) is 0 Å². The summed E-state index contributed by atoms with van der Waals surface area (Å²) in [6.07, 6.45) is 1.55. The Kier molecular flexibility index (Phi) is 3.54. The number of anilines is 1. The van der Waals surface area contributed by atoms with E-state index in [0.717, 1.165) is 25.2 Å². The fourth-order valence-electron chi connectivity index (χ4n) is 2.16. The van der Waals surface area contributed by atoms with Gasteiger partial charge in [0.15, 0.2) is 0 Å². The molecule has 0 atom stereocenters. The summed E-state index contributed by atoms with van der Waals surface area (Å²) in [6, 6.07) is 14.6. The Morgan fingerprint density at radius 3 is 2.85 bits per heavy atom. The highest BCUT2D eigenvalue weighted by Gasteiger charge is 2.12. The number of hydrogen-bond donors (Lipinski definition) is 1. The summed E-state index contributed by atoms with van der Waals surface area (Å²) in [5.41, 5.74) is 1.85. The van der Waals surface area contributed by atoms with Gasteiger partial charge >= 0.3 is 6.09 Å². The first kappa shape index (κ1) is 12.5. The molecule has 1 heterocycles. The van der Waals surface area contributed by atoms with Crippen LogP contribution in [0.15, 0.2) is 48.5 Å². The second-order valence-electron chi connectivity index (χ2n) is 4.60. The van der Waals surface area contributed by atoms with Crippen molar-refractivity contribution in [3.05, 3.63) is 54.1 Å². The lowest BCUT2D eigenvalue weighted by atomic mass is 10.1. The molecule has 0 fully saturated rings. The van der Waals surface area contributed by atoms with E-state index in [1.165, 1.54) is 5.56 Å². The van der Waals surface area contributed by atoms with Gasteiger partial charge in [-0.05, 0) is 36.6 Å². The second-order valence-corrected chi connectivity index (χ2v) is 4.60. The lowest BCUT2D eigenvalue weighted by Crippen LogP contribution is -2.17. The molecule has 2 aromatic rings. The topological polar surface area (TPSA) is 47.6 Å². The number of hydrogen-bond acceptors (Lipinski definition) is 3. The molecule has 2 aromatic carbocycles. The predicted molar refractivity (Wildman–Crippen MR) is 76.3 cm³/mol. The standard InChI is InChI=1S/C16H15NO3/c18-16(20-14-6-2-1-3-7-14)17-13-9-8-12-5-4-10-19-15(12)11-13/h1-3,6-9,11H,4-5,10H2,(H,17,18). The monoisotopic (exact) mass is 269 g/mol. The molecule has 4 heteroatoms. The molecule has 1 aliphatic rings. The van der Waals surface area contributed by atoms with E-state index in [9.17, 15) is 4.79 Å². The Hall–Kier alpha value is -2.49. The predicted octanol–water partition coefficient (Wildman–Crippen LogP) is 3.62. The molecule has 0 aromatic heterocycles. The van der Waals surface area contributed by atoms with E-state index in [2.05, 4.69) is 5.32 Å². The van der Waals surface area contributed by atoms with Crippen LogP contribution in [-0.4, -0.2) is 12.7 Å². The Morgan fingerprint density at radius 2 is 2.00 bits per heavy atom. The smallest absolute Gasteiger partial charge is 0.417 e. The summed E-state index contributed by atoms with van der Waals surface area (Å²) in [5, 5.41) is 2.70. The molecule has 0 spiro atoms. The fourth-order valence-corrected chi connectivity index (χ4v) is 2.16. The van der Waals surface area contributed by atoms with E-state index in [4.69, 9.17) is 9.47 Å². The van der Waals surface area contributed by atoms with Gasteiger partial charge in [-0.25, -0.2) is 4.79 Å². The van der Waals surface area contributed by atoms with Crippen molar-refractivity contribution in [2.45, 2.75) is 12.8 Å². The van der Waals surface area contributed by atoms with Crippen LogP contribution in [0.3, 0.4) is 0 Å². The van der Waals surface area contributed by atoms with Gasteiger partial charge in [-0.3, -0.25) is 5.32 Å². The quantitative estimate of drug-likeness (QED) is 0.905. The molecular formula is C16H15NO3. The van der Waals surface area contributed by atoms with Gasteiger partial charge < -0.3 is 9.47 Å². The van der Waals surface area contributed by atoms with Crippen molar-refractivity contribution in [1.82, 2.24) is 0 Å². The number of amides is 1. The van der Waals surface area contributed by atoms with Gasteiger partial charge in [0.05, 0.1) is 6.61 Å². The lowest BCUT2D eigenvalue weighted by molar-refractivity contribution is 0.215. The van der Waals surface area contributed by atoms with E-state index >= 15 is 0 Å². The number of aryl methyl sites for hydroxylation is 1. The molecule has 4 nitrogen and oxygen atoms in total. The molecule has 0 radical (unpaired) electrons. The molecule has 0 saturated carbocycles. The molecule has 0 unspecified atom stereocenters. The van der Waals surface area contributed by atoms with E-state index in [1.54, 1.807) is 12.1 Å². The molecular weight excluding hydrogens is 254 g/mol. The number of ether oxygens (including phenoxy) is 2. The van der Waals surface area contributed by atoms with Crippen molar-refractivity contribution in [1.29, 1.82) is 0 Å². The zero-order valence-electron chi connectivity index (χ0n) is 11.0. The van der Waals surface area contributed by atoms with Crippen LogP contribution in [0.2, 0.25) is 0 Å². The van der Waals surface area contributed by atoms with Crippen molar-refractivity contribution in [2.75, 3.05) is 11.9 Å². The number of carbonyl (C=O) groups excluding carboxylic acids is 1. The summed E-state index contributed by atoms with van der Waals surface area (Å²) in [7, 11) is 0. The largest absolute Gasteiger partial charge is 0.493 e. The van der Waals surface area contributed by atoms with Gasteiger partial charge in [0, 0.05) is 11.8 Å². The first-order valence-corrected chi connectivity index (χ1v) is 6.61. The first-order valence-electron chi connectivity index (χ1n) is 6.61. The van der Waals surface area contributed by atoms with Gasteiger partial charge in [0.1, 0.15) is 11.5 Å². The molecule has 102 valence electrons. The summed E-state index contributed by atoms with van der Waals surface area (Å²) in [5.74, 6) is 1.35. The van der Waals surface area contributed by atoms with Crippen LogP contribution < -0.4 is 14.8 Å².